The number of benzene rings is 1. The summed E-state index contributed by atoms with van der Waals surface area (Å²) in [6, 6.07) is 7.35. The van der Waals surface area contributed by atoms with Crippen molar-refractivity contribution in [2.24, 2.45) is 0 Å². The topological polar surface area (TPSA) is 68.6 Å². The number of carbonyl (C=O) groups excluding carboxylic acids is 3. The van der Waals surface area contributed by atoms with Crippen LogP contribution in [-0.4, -0.2) is 34.4 Å². The summed E-state index contributed by atoms with van der Waals surface area (Å²) in [4.78, 5) is 38.3. The summed E-state index contributed by atoms with van der Waals surface area (Å²) in [5.74, 6) is -1.42. The fourth-order valence-electron chi connectivity index (χ4n) is 2.78. The molecule has 1 unspecified atom stereocenters. The van der Waals surface area contributed by atoms with Crippen LogP contribution in [-0.2, 0) is 20.9 Å². The molecule has 0 saturated carbocycles. The van der Waals surface area contributed by atoms with E-state index >= 15 is 0 Å². The standard InChI is InChI=1S/C17H14Cl2N2O4/c1-25-15(22)8-14-17(24)21(16(23)13-3-2-6-20(13)14)9-10-4-5-11(18)12(19)7-10/h2-7,14H,8-9H2,1H3. The first kappa shape index (κ1) is 17.5. The van der Waals surface area contributed by atoms with E-state index in [0.717, 1.165) is 4.90 Å². The third-order valence-corrected chi connectivity index (χ3v) is 4.78. The lowest BCUT2D eigenvalue weighted by Crippen LogP contribution is -2.47. The van der Waals surface area contributed by atoms with Crippen LogP contribution in [0, 0.1) is 0 Å². The Morgan fingerprint density at radius 2 is 1.96 bits per heavy atom. The number of esters is 1. The number of ether oxygens (including phenoxy) is 1. The number of nitrogens with zero attached hydrogens (tertiary/aromatic N) is 2. The molecule has 0 bridgehead atoms. The molecule has 1 aromatic carbocycles. The predicted octanol–water partition coefficient (Wildman–Crippen LogP) is 3.08. The second-order valence-corrected chi connectivity index (χ2v) is 6.39. The summed E-state index contributed by atoms with van der Waals surface area (Å²) in [6.45, 7) is 0.0391. The van der Waals surface area contributed by atoms with Gasteiger partial charge in [-0.15, -0.1) is 0 Å². The van der Waals surface area contributed by atoms with Gasteiger partial charge in [-0.25, -0.2) is 0 Å². The van der Waals surface area contributed by atoms with Crippen LogP contribution in [0.1, 0.15) is 28.5 Å². The molecule has 25 heavy (non-hydrogen) atoms. The first-order valence-electron chi connectivity index (χ1n) is 7.45. The molecular formula is C17H14Cl2N2O4. The Morgan fingerprint density at radius 3 is 2.64 bits per heavy atom. The maximum atomic E-state index is 12.8. The van der Waals surface area contributed by atoms with Crippen molar-refractivity contribution in [2.45, 2.75) is 19.0 Å². The molecule has 1 aromatic heterocycles. The number of imide groups is 1. The number of hydrogen-bond donors (Lipinski definition) is 0. The van der Waals surface area contributed by atoms with Gasteiger partial charge in [-0.3, -0.25) is 19.3 Å². The highest BCUT2D eigenvalue weighted by Gasteiger charge is 2.39. The highest BCUT2D eigenvalue weighted by atomic mass is 35.5. The Morgan fingerprint density at radius 1 is 1.20 bits per heavy atom. The highest BCUT2D eigenvalue weighted by molar-refractivity contribution is 6.42. The van der Waals surface area contributed by atoms with E-state index in [0.29, 0.717) is 21.3 Å². The molecule has 2 aromatic rings. The first-order chi connectivity index (χ1) is 11.9. The number of hydrogen-bond acceptors (Lipinski definition) is 4. The molecule has 0 N–H and O–H groups in total. The largest absolute Gasteiger partial charge is 0.469 e. The molecule has 3 rings (SSSR count). The number of fused-ring (bicyclic) bond motifs is 1. The molecule has 2 amide bonds. The van der Waals surface area contributed by atoms with E-state index in [-0.39, 0.29) is 13.0 Å². The van der Waals surface area contributed by atoms with Gasteiger partial charge >= 0.3 is 5.97 Å². The third kappa shape index (κ3) is 3.27. The van der Waals surface area contributed by atoms with Gasteiger partial charge < -0.3 is 9.30 Å². The maximum Gasteiger partial charge on any atom is 0.308 e. The minimum absolute atomic E-state index is 0.0391. The molecule has 0 fully saturated rings. The predicted molar refractivity (Wildman–Crippen MR) is 91.4 cm³/mol. The molecule has 0 radical (unpaired) electrons. The summed E-state index contributed by atoms with van der Waals surface area (Å²) in [7, 11) is 1.25. The Labute approximate surface area is 153 Å². The van der Waals surface area contributed by atoms with Gasteiger partial charge in [0, 0.05) is 6.20 Å². The molecule has 0 aliphatic carbocycles. The summed E-state index contributed by atoms with van der Waals surface area (Å²) >= 11 is 11.9. The van der Waals surface area contributed by atoms with Crippen LogP contribution in [0.5, 0.6) is 0 Å². The van der Waals surface area contributed by atoms with E-state index in [1.807, 2.05) is 0 Å². The molecule has 6 nitrogen and oxygen atoms in total. The van der Waals surface area contributed by atoms with Gasteiger partial charge in [0.25, 0.3) is 11.8 Å². The van der Waals surface area contributed by atoms with Gasteiger partial charge in [-0.2, -0.15) is 0 Å². The van der Waals surface area contributed by atoms with E-state index in [1.165, 1.54) is 11.7 Å². The lowest BCUT2D eigenvalue weighted by molar-refractivity contribution is -0.146. The van der Waals surface area contributed by atoms with Gasteiger partial charge in [0.05, 0.1) is 30.1 Å². The van der Waals surface area contributed by atoms with Gasteiger partial charge in [0.1, 0.15) is 11.7 Å². The summed E-state index contributed by atoms with van der Waals surface area (Å²) < 4.78 is 6.17. The number of methoxy groups -OCH3 is 1. The molecule has 1 aliphatic heterocycles. The molecule has 0 spiro atoms. The fraction of sp³-hybridized carbons (Fsp3) is 0.235. The zero-order valence-corrected chi connectivity index (χ0v) is 14.8. The van der Waals surface area contributed by atoms with Crippen LogP contribution >= 0.6 is 23.2 Å². The van der Waals surface area contributed by atoms with E-state index in [9.17, 15) is 14.4 Å². The number of aromatic nitrogens is 1. The summed E-state index contributed by atoms with van der Waals surface area (Å²) in [5, 5.41) is 0.727. The van der Waals surface area contributed by atoms with Crippen molar-refractivity contribution >= 4 is 41.0 Å². The van der Waals surface area contributed by atoms with Crippen LogP contribution in [0.3, 0.4) is 0 Å². The maximum absolute atomic E-state index is 12.8. The SMILES string of the molecule is COC(=O)CC1C(=O)N(Cc2ccc(Cl)c(Cl)c2)C(=O)c2cccn21. The lowest BCUT2D eigenvalue weighted by Gasteiger charge is -2.32. The van der Waals surface area contributed by atoms with Crippen molar-refractivity contribution in [3.8, 4) is 0 Å². The van der Waals surface area contributed by atoms with Crippen LogP contribution in [0.15, 0.2) is 36.5 Å². The second-order valence-electron chi connectivity index (χ2n) is 5.57. The normalized spacial score (nSPS) is 16.8. The Bertz CT molecular complexity index is 862. The molecule has 130 valence electrons. The fourth-order valence-corrected chi connectivity index (χ4v) is 3.10. The Balaban J connectivity index is 1.94. The molecule has 8 heteroatoms. The van der Waals surface area contributed by atoms with E-state index in [2.05, 4.69) is 4.74 Å². The van der Waals surface area contributed by atoms with Gasteiger partial charge in [0.2, 0.25) is 0 Å². The van der Waals surface area contributed by atoms with E-state index in [1.54, 1.807) is 36.5 Å². The molecule has 1 aliphatic rings. The molecule has 2 heterocycles. The number of amides is 2. The number of rotatable bonds is 4. The number of carbonyl (C=O) groups is 3. The Kier molecular flexibility index (Phi) is 4.83. The Hall–Kier alpha value is -2.31. The van der Waals surface area contributed by atoms with Crippen LogP contribution < -0.4 is 0 Å². The molecular weight excluding hydrogens is 367 g/mol. The first-order valence-corrected chi connectivity index (χ1v) is 8.21. The van der Waals surface area contributed by atoms with Crippen molar-refractivity contribution < 1.29 is 19.1 Å². The summed E-state index contributed by atoms with van der Waals surface area (Å²) in [6.07, 6.45) is 1.46. The monoisotopic (exact) mass is 380 g/mol. The van der Waals surface area contributed by atoms with E-state index in [4.69, 9.17) is 23.2 Å². The van der Waals surface area contributed by atoms with Crippen molar-refractivity contribution in [1.29, 1.82) is 0 Å². The minimum Gasteiger partial charge on any atom is -0.469 e. The van der Waals surface area contributed by atoms with Gasteiger partial charge in [-0.1, -0.05) is 29.3 Å². The van der Waals surface area contributed by atoms with Crippen LogP contribution in [0.2, 0.25) is 10.0 Å². The minimum atomic E-state index is -0.821. The third-order valence-electron chi connectivity index (χ3n) is 4.04. The highest BCUT2D eigenvalue weighted by Crippen LogP contribution is 2.29. The molecule has 1 atom stereocenters. The van der Waals surface area contributed by atoms with Crippen molar-refractivity contribution in [1.82, 2.24) is 9.47 Å². The zero-order valence-electron chi connectivity index (χ0n) is 13.2. The van der Waals surface area contributed by atoms with Crippen molar-refractivity contribution in [3.63, 3.8) is 0 Å². The average molecular weight is 381 g/mol. The lowest BCUT2D eigenvalue weighted by atomic mass is 10.1. The second kappa shape index (κ2) is 6.90. The zero-order chi connectivity index (χ0) is 18.1. The van der Waals surface area contributed by atoms with Crippen molar-refractivity contribution in [2.75, 3.05) is 7.11 Å². The van der Waals surface area contributed by atoms with Crippen LogP contribution in [0.25, 0.3) is 0 Å². The van der Waals surface area contributed by atoms with Gasteiger partial charge in [0.15, 0.2) is 0 Å². The summed E-state index contributed by atoms with van der Waals surface area (Å²) in [5.41, 5.74) is 1.00. The van der Waals surface area contributed by atoms with E-state index < -0.39 is 23.8 Å². The quantitative estimate of drug-likeness (QED) is 0.603. The van der Waals surface area contributed by atoms with Gasteiger partial charge in [-0.05, 0) is 29.8 Å². The molecule has 0 saturated heterocycles. The van der Waals surface area contributed by atoms with Crippen LogP contribution in [0.4, 0.5) is 0 Å². The number of halogens is 2. The average Bonchev–Trinajstić information content (AvgIpc) is 3.08. The smallest absolute Gasteiger partial charge is 0.308 e. The van der Waals surface area contributed by atoms with Crippen molar-refractivity contribution in [3.05, 3.63) is 57.8 Å².